The zero-order valence-corrected chi connectivity index (χ0v) is 10.5. The Morgan fingerprint density at radius 3 is 2.83 bits per heavy atom. The second-order valence-corrected chi connectivity index (χ2v) is 5.12. The van der Waals surface area contributed by atoms with Crippen LogP contribution in [0.25, 0.3) is 10.8 Å². The molecule has 0 saturated carbocycles. The zero-order valence-electron chi connectivity index (χ0n) is 9.67. The summed E-state index contributed by atoms with van der Waals surface area (Å²) in [7, 11) is 0. The minimum Gasteiger partial charge on any atom is -0.294 e. The highest BCUT2D eigenvalue weighted by atomic mass is 32.1. The lowest BCUT2D eigenvalue weighted by molar-refractivity contribution is 0.0995. The molecule has 3 rings (SSSR count). The van der Waals surface area contributed by atoms with Crippen LogP contribution in [0, 0.1) is 0 Å². The first-order chi connectivity index (χ1) is 8.84. The Labute approximate surface area is 109 Å². The lowest BCUT2D eigenvalue weighted by Crippen LogP contribution is -2.03. The van der Waals surface area contributed by atoms with E-state index in [4.69, 9.17) is 0 Å². The molecule has 0 aliphatic heterocycles. The van der Waals surface area contributed by atoms with Crippen molar-refractivity contribution < 1.29 is 4.79 Å². The number of rotatable bonds is 3. The first kappa shape index (κ1) is 11.1. The van der Waals surface area contributed by atoms with Crippen molar-refractivity contribution in [1.82, 2.24) is 4.98 Å². The second-order valence-electron chi connectivity index (χ2n) is 4.09. The number of aromatic nitrogens is 1. The number of Topliss-reactive ketones (excluding diaryl/α,β-unsaturated/α-hetero) is 1. The topological polar surface area (TPSA) is 30.0 Å². The fourth-order valence-corrected chi connectivity index (χ4v) is 2.71. The number of nitrogens with zero attached hydrogens (tertiary/aromatic N) is 1. The summed E-state index contributed by atoms with van der Waals surface area (Å²) in [5.74, 6) is 0.127. The molecule has 3 heteroatoms. The van der Waals surface area contributed by atoms with Gasteiger partial charge < -0.3 is 0 Å². The van der Waals surface area contributed by atoms with Crippen LogP contribution in [-0.2, 0) is 6.42 Å². The van der Waals surface area contributed by atoms with Crippen molar-refractivity contribution in [3.05, 3.63) is 64.6 Å². The third kappa shape index (κ3) is 2.05. The van der Waals surface area contributed by atoms with E-state index in [-0.39, 0.29) is 5.78 Å². The molecule has 2 nitrogen and oxygen atoms in total. The SMILES string of the molecule is O=C(Cc1cccs1)c1cncc2ccccc12. The van der Waals surface area contributed by atoms with Gasteiger partial charge in [-0.05, 0) is 16.8 Å². The van der Waals surface area contributed by atoms with Crippen molar-refractivity contribution in [2.24, 2.45) is 0 Å². The van der Waals surface area contributed by atoms with E-state index in [1.807, 2.05) is 41.8 Å². The van der Waals surface area contributed by atoms with E-state index in [0.717, 1.165) is 15.6 Å². The molecule has 0 bridgehead atoms. The summed E-state index contributed by atoms with van der Waals surface area (Å²) in [4.78, 5) is 17.5. The number of benzene rings is 1. The highest BCUT2D eigenvalue weighted by Crippen LogP contribution is 2.20. The Bertz CT molecular complexity index is 683. The zero-order chi connectivity index (χ0) is 12.4. The summed E-state index contributed by atoms with van der Waals surface area (Å²) >= 11 is 1.61. The maximum absolute atomic E-state index is 12.3. The lowest BCUT2D eigenvalue weighted by Gasteiger charge is -2.04. The van der Waals surface area contributed by atoms with Gasteiger partial charge in [0.2, 0.25) is 0 Å². The van der Waals surface area contributed by atoms with Gasteiger partial charge in [0.25, 0.3) is 0 Å². The van der Waals surface area contributed by atoms with Gasteiger partial charge in [-0.25, -0.2) is 0 Å². The number of fused-ring (bicyclic) bond motifs is 1. The third-order valence-corrected chi connectivity index (χ3v) is 3.76. The highest BCUT2D eigenvalue weighted by Gasteiger charge is 2.11. The summed E-state index contributed by atoms with van der Waals surface area (Å²) in [5.41, 5.74) is 0.710. The number of pyridine rings is 1. The van der Waals surface area contributed by atoms with E-state index in [1.54, 1.807) is 23.7 Å². The third-order valence-electron chi connectivity index (χ3n) is 2.88. The van der Waals surface area contributed by atoms with Gasteiger partial charge in [-0.3, -0.25) is 9.78 Å². The molecule has 0 spiro atoms. The van der Waals surface area contributed by atoms with Gasteiger partial charge >= 0.3 is 0 Å². The number of thiophene rings is 1. The number of carbonyl (C=O) groups is 1. The van der Waals surface area contributed by atoms with E-state index < -0.39 is 0 Å². The van der Waals surface area contributed by atoms with Crippen LogP contribution in [0.15, 0.2) is 54.2 Å². The van der Waals surface area contributed by atoms with Gasteiger partial charge in [0.15, 0.2) is 5.78 Å². The van der Waals surface area contributed by atoms with Crippen molar-refractivity contribution in [2.75, 3.05) is 0 Å². The van der Waals surface area contributed by atoms with Gasteiger partial charge in [-0.15, -0.1) is 11.3 Å². The van der Waals surface area contributed by atoms with E-state index in [0.29, 0.717) is 12.0 Å². The summed E-state index contributed by atoms with van der Waals surface area (Å²) in [6.07, 6.45) is 3.91. The molecule has 0 aliphatic rings. The van der Waals surface area contributed by atoms with Gasteiger partial charge in [-0.2, -0.15) is 0 Å². The molecule has 2 aromatic heterocycles. The van der Waals surface area contributed by atoms with Crippen molar-refractivity contribution >= 4 is 27.9 Å². The van der Waals surface area contributed by atoms with E-state index >= 15 is 0 Å². The summed E-state index contributed by atoms with van der Waals surface area (Å²) in [5, 5.41) is 3.98. The van der Waals surface area contributed by atoms with Crippen LogP contribution in [0.5, 0.6) is 0 Å². The Hall–Kier alpha value is -2.00. The summed E-state index contributed by atoms with van der Waals surface area (Å²) in [6, 6.07) is 11.8. The first-order valence-electron chi connectivity index (χ1n) is 5.73. The van der Waals surface area contributed by atoms with Crippen molar-refractivity contribution in [3.63, 3.8) is 0 Å². The maximum atomic E-state index is 12.3. The summed E-state index contributed by atoms with van der Waals surface area (Å²) in [6.45, 7) is 0. The van der Waals surface area contributed by atoms with Crippen LogP contribution in [0.3, 0.4) is 0 Å². The molecule has 0 aliphatic carbocycles. The largest absolute Gasteiger partial charge is 0.294 e. The van der Waals surface area contributed by atoms with Gasteiger partial charge in [0.1, 0.15) is 0 Å². The van der Waals surface area contributed by atoms with E-state index in [2.05, 4.69) is 4.98 Å². The number of hydrogen-bond acceptors (Lipinski definition) is 3. The molecule has 0 N–H and O–H groups in total. The van der Waals surface area contributed by atoms with Gasteiger partial charge in [-0.1, -0.05) is 30.3 Å². The highest BCUT2D eigenvalue weighted by molar-refractivity contribution is 7.10. The average Bonchev–Trinajstić information content (AvgIpc) is 2.91. The first-order valence-corrected chi connectivity index (χ1v) is 6.61. The molecule has 0 unspecified atom stereocenters. The molecule has 2 heterocycles. The quantitative estimate of drug-likeness (QED) is 0.666. The second kappa shape index (κ2) is 4.70. The van der Waals surface area contributed by atoms with Crippen LogP contribution < -0.4 is 0 Å². The van der Waals surface area contributed by atoms with Crippen LogP contribution in [0.2, 0.25) is 0 Å². The van der Waals surface area contributed by atoms with Crippen LogP contribution in [0.4, 0.5) is 0 Å². The van der Waals surface area contributed by atoms with Crippen molar-refractivity contribution in [1.29, 1.82) is 0 Å². The smallest absolute Gasteiger partial charge is 0.170 e. The number of hydrogen-bond donors (Lipinski definition) is 0. The van der Waals surface area contributed by atoms with Gasteiger partial charge in [0.05, 0.1) is 0 Å². The number of ketones is 1. The maximum Gasteiger partial charge on any atom is 0.170 e. The molecule has 18 heavy (non-hydrogen) atoms. The molecule has 0 saturated heterocycles. The standard InChI is InChI=1S/C15H11NOS/c17-15(8-12-5-3-7-18-12)14-10-16-9-11-4-1-2-6-13(11)14/h1-7,9-10H,8H2. The predicted octanol–water partition coefficient (Wildman–Crippen LogP) is 3.72. The fraction of sp³-hybridized carbons (Fsp3) is 0.0667. The average molecular weight is 253 g/mol. The Kier molecular flexibility index (Phi) is 2.90. The van der Waals surface area contributed by atoms with Crippen molar-refractivity contribution in [2.45, 2.75) is 6.42 Å². The lowest BCUT2D eigenvalue weighted by atomic mass is 10.0. The Morgan fingerprint density at radius 2 is 2.00 bits per heavy atom. The normalized spacial score (nSPS) is 10.7. The molecule has 0 radical (unpaired) electrons. The van der Waals surface area contributed by atoms with E-state index in [1.165, 1.54) is 0 Å². The fourth-order valence-electron chi connectivity index (χ4n) is 2.01. The molecule has 0 fully saturated rings. The molecule has 0 amide bonds. The monoisotopic (exact) mass is 253 g/mol. The van der Waals surface area contributed by atoms with Crippen molar-refractivity contribution in [3.8, 4) is 0 Å². The molecule has 0 atom stereocenters. The molecule has 3 aromatic rings. The van der Waals surface area contributed by atoms with Crippen LogP contribution in [-0.4, -0.2) is 10.8 Å². The molecule has 88 valence electrons. The molecular weight excluding hydrogens is 242 g/mol. The minimum absolute atomic E-state index is 0.127. The van der Waals surface area contributed by atoms with Gasteiger partial charge in [0, 0.05) is 34.6 Å². The Morgan fingerprint density at radius 1 is 1.11 bits per heavy atom. The van der Waals surface area contributed by atoms with E-state index in [9.17, 15) is 4.79 Å². The van der Waals surface area contributed by atoms with Crippen LogP contribution >= 0.6 is 11.3 Å². The number of carbonyl (C=O) groups excluding carboxylic acids is 1. The summed E-state index contributed by atoms with van der Waals surface area (Å²) < 4.78 is 0. The molecular formula is C15H11NOS. The van der Waals surface area contributed by atoms with Crippen LogP contribution in [0.1, 0.15) is 15.2 Å². The Balaban J connectivity index is 2.01. The predicted molar refractivity (Wildman–Crippen MR) is 74.1 cm³/mol. The molecule has 1 aromatic carbocycles. The minimum atomic E-state index is 0.127.